The van der Waals surface area contributed by atoms with E-state index in [1.54, 1.807) is 0 Å². The van der Waals surface area contributed by atoms with E-state index in [-0.39, 0.29) is 17.9 Å². The van der Waals surface area contributed by atoms with E-state index in [4.69, 9.17) is 0 Å². The monoisotopic (exact) mass is 316 g/mol. The van der Waals surface area contributed by atoms with Crippen LogP contribution >= 0.6 is 0 Å². The van der Waals surface area contributed by atoms with Crippen LogP contribution in [-0.4, -0.2) is 29.1 Å². The van der Waals surface area contributed by atoms with Crippen LogP contribution < -0.4 is 5.32 Å². The standard InChI is InChI=1S/C19H28N2O2/c1-4-14-7-5-8-16-15(12-21-18(14)16)11-17(23)20-10-6-9-19(2,3)13-22/h5,7-8,12,21-22H,4,6,9-11,13H2,1-3H3,(H,20,23). The van der Waals surface area contributed by atoms with Crippen molar-refractivity contribution in [1.82, 2.24) is 10.3 Å². The molecule has 4 heteroatoms. The summed E-state index contributed by atoms with van der Waals surface area (Å²) in [6.07, 6.45) is 5.10. The molecule has 1 aromatic heterocycles. The van der Waals surface area contributed by atoms with Gasteiger partial charge in [-0.05, 0) is 35.8 Å². The Hall–Kier alpha value is -1.81. The number of hydrogen-bond donors (Lipinski definition) is 3. The predicted octanol–water partition coefficient (Wildman–Crippen LogP) is 3.19. The lowest BCUT2D eigenvalue weighted by Crippen LogP contribution is -2.27. The Morgan fingerprint density at radius 2 is 2.09 bits per heavy atom. The topological polar surface area (TPSA) is 65.1 Å². The number of hydrogen-bond acceptors (Lipinski definition) is 2. The maximum absolute atomic E-state index is 12.1. The molecule has 0 saturated carbocycles. The van der Waals surface area contributed by atoms with Crippen molar-refractivity contribution >= 4 is 16.8 Å². The number of aromatic nitrogens is 1. The van der Waals surface area contributed by atoms with Gasteiger partial charge in [-0.15, -0.1) is 0 Å². The highest BCUT2D eigenvalue weighted by atomic mass is 16.3. The van der Waals surface area contributed by atoms with Crippen LogP contribution in [-0.2, 0) is 17.6 Å². The van der Waals surface area contributed by atoms with Gasteiger partial charge in [0.05, 0.1) is 6.42 Å². The summed E-state index contributed by atoms with van der Waals surface area (Å²) in [7, 11) is 0. The van der Waals surface area contributed by atoms with Gasteiger partial charge in [-0.3, -0.25) is 4.79 Å². The number of carbonyl (C=O) groups is 1. The lowest BCUT2D eigenvalue weighted by atomic mass is 9.89. The third-order valence-corrected chi connectivity index (χ3v) is 4.40. The maximum atomic E-state index is 12.1. The highest BCUT2D eigenvalue weighted by Gasteiger charge is 2.16. The van der Waals surface area contributed by atoms with Crippen LogP contribution in [0.1, 0.15) is 44.7 Å². The van der Waals surface area contributed by atoms with Crippen molar-refractivity contribution in [2.45, 2.75) is 46.5 Å². The number of aromatic amines is 1. The number of benzene rings is 1. The minimum Gasteiger partial charge on any atom is -0.396 e. The van der Waals surface area contributed by atoms with E-state index in [0.717, 1.165) is 35.7 Å². The van der Waals surface area contributed by atoms with Gasteiger partial charge in [0.15, 0.2) is 0 Å². The summed E-state index contributed by atoms with van der Waals surface area (Å²) in [5.74, 6) is 0.0506. The summed E-state index contributed by atoms with van der Waals surface area (Å²) in [4.78, 5) is 15.4. The number of H-pyrrole nitrogens is 1. The Morgan fingerprint density at radius 1 is 1.30 bits per heavy atom. The minimum atomic E-state index is -0.0713. The molecule has 1 aromatic carbocycles. The van der Waals surface area contributed by atoms with E-state index in [9.17, 15) is 9.90 Å². The van der Waals surface area contributed by atoms with Gasteiger partial charge >= 0.3 is 0 Å². The van der Waals surface area contributed by atoms with Crippen molar-refractivity contribution in [2.75, 3.05) is 13.2 Å². The number of para-hydroxylation sites is 1. The molecule has 0 spiro atoms. The smallest absolute Gasteiger partial charge is 0.224 e. The Kier molecular flexibility index (Phi) is 5.83. The van der Waals surface area contributed by atoms with Crippen LogP contribution in [0.2, 0.25) is 0 Å². The number of fused-ring (bicyclic) bond motifs is 1. The second-order valence-electron chi connectivity index (χ2n) is 6.96. The summed E-state index contributed by atoms with van der Waals surface area (Å²) < 4.78 is 0. The SMILES string of the molecule is CCc1cccc2c(CC(=O)NCCCC(C)(C)CO)c[nH]c12. The predicted molar refractivity (Wildman–Crippen MR) is 94.5 cm³/mol. The molecule has 0 aliphatic rings. The normalized spacial score (nSPS) is 11.8. The molecule has 23 heavy (non-hydrogen) atoms. The number of aryl methyl sites for hydroxylation is 1. The van der Waals surface area contributed by atoms with Gasteiger partial charge in [-0.2, -0.15) is 0 Å². The van der Waals surface area contributed by atoms with Gasteiger partial charge in [-0.25, -0.2) is 0 Å². The fourth-order valence-corrected chi connectivity index (χ4v) is 2.83. The summed E-state index contributed by atoms with van der Waals surface area (Å²) in [5, 5.41) is 13.3. The lowest BCUT2D eigenvalue weighted by molar-refractivity contribution is -0.120. The average Bonchev–Trinajstić information content (AvgIpc) is 2.94. The van der Waals surface area contributed by atoms with E-state index >= 15 is 0 Å². The molecule has 0 aliphatic carbocycles. The highest BCUT2D eigenvalue weighted by molar-refractivity contribution is 5.90. The summed E-state index contributed by atoms with van der Waals surface area (Å²) >= 11 is 0. The Morgan fingerprint density at radius 3 is 2.78 bits per heavy atom. The molecule has 3 N–H and O–H groups in total. The Bertz CT molecular complexity index is 658. The first-order chi connectivity index (χ1) is 11.0. The van der Waals surface area contributed by atoms with Crippen LogP contribution in [0.4, 0.5) is 0 Å². The van der Waals surface area contributed by atoms with Crippen molar-refractivity contribution in [3.05, 3.63) is 35.5 Å². The van der Waals surface area contributed by atoms with Crippen molar-refractivity contribution in [3.8, 4) is 0 Å². The van der Waals surface area contributed by atoms with Gasteiger partial charge in [0.25, 0.3) is 0 Å². The zero-order chi connectivity index (χ0) is 16.9. The third-order valence-electron chi connectivity index (χ3n) is 4.40. The molecule has 1 heterocycles. The Balaban J connectivity index is 1.89. The third kappa shape index (κ3) is 4.58. The first-order valence-corrected chi connectivity index (χ1v) is 8.42. The van der Waals surface area contributed by atoms with Crippen LogP contribution in [0.3, 0.4) is 0 Å². The van der Waals surface area contributed by atoms with E-state index in [1.807, 2.05) is 26.1 Å². The first-order valence-electron chi connectivity index (χ1n) is 8.42. The van der Waals surface area contributed by atoms with E-state index in [2.05, 4.69) is 29.4 Å². The van der Waals surface area contributed by atoms with Crippen molar-refractivity contribution in [1.29, 1.82) is 0 Å². The minimum absolute atomic E-state index is 0.0506. The van der Waals surface area contributed by atoms with Crippen LogP contribution in [0.15, 0.2) is 24.4 Å². The second-order valence-corrected chi connectivity index (χ2v) is 6.96. The lowest BCUT2D eigenvalue weighted by Gasteiger charge is -2.21. The molecule has 2 aromatic rings. The van der Waals surface area contributed by atoms with Crippen molar-refractivity contribution < 1.29 is 9.90 Å². The molecule has 0 aliphatic heterocycles. The highest BCUT2D eigenvalue weighted by Crippen LogP contribution is 2.23. The molecule has 126 valence electrons. The quantitative estimate of drug-likeness (QED) is 0.655. The molecule has 4 nitrogen and oxygen atoms in total. The van der Waals surface area contributed by atoms with Gasteiger partial charge in [-0.1, -0.05) is 39.0 Å². The Labute approximate surface area is 138 Å². The van der Waals surface area contributed by atoms with Crippen molar-refractivity contribution in [3.63, 3.8) is 0 Å². The van der Waals surface area contributed by atoms with E-state index in [1.165, 1.54) is 5.56 Å². The second kappa shape index (κ2) is 7.64. The fraction of sp³-hybridized carbons (Fsp3) is 0.526. The number of nitrogens with one attached hydrogen (secondary N) is 2. The van der Waals surface area contributed by atoms with Crippen LogP contribution in [0.25, 0.3) is 10.9 Å². The molecular formula is C19H28N2O2. The molecule has 0 unspecified atom stereocenters. The van der Waals surface area contributed by atoms with E-state index < -0.39 is 0 Å². The number of carbonyl (C=O) groups excluding carboxylic acids is 1. The first kappa shape index (κ1) is 17.5. The van der Waals surface area contributed by atoms with Gasteiger partial charge in [0, 0.05) is 30.3 Å². The van der Waals surface area contributed by atoms with Gasteiger partial charge < -0.3 is 15.4 Å². The molecule has 0 atom stereocenters. The van der Waals surface area contributed by atoms with Crippen LogP contribution in [0.5, 0.6) is 0 Å². The number of rotatable bonds is 8. The molecular weight excluding hydrogens is 288 g/mol. The average molecular weight is 316 g/mol. The summed E-state index contributed by atoms with van der Waals surface area (Å²) in [5.41, 5.74) is 3.39. The molecule has 0 saturated heterocycles. The largest absolute Gasteiger partial charge is 0.396 e. The van der Waals surface area contributed by atoms with Gasteiger partial charge in [0.1, 0.15) is 0 Å². The molecule has 0 radical (unpaired) electrons. The number of amides is 1. The molecule has 0 bridgehead atoms. The fourth-order valence-electron chi connectivity index (χ4n) is 2.83. The number of aliphatic hydroxyl groups is 1. The maximum Gasteiger partial charge on any atom is 0.224 e. The molecule has 1 amide bonds. The zero-order valence-corrected chi connectivity index (χ0v) is 14.4. The van der Waals surface area contributed by atoms with Gasteiger partial charge in [0.2, 0.25) is 5.91 Å². The van der Waals surface area contributed by atoms with E-state index in [0.29, 0.717) is 13.0 Å². The molecule has 2 rings (SSSR count). The van der Waals surface area contributed by atoms with Crippen molar-refractivity contribution in [2.24, 2.45) is 5.41 Å². The number of aliphatic hydroxyl groups excluding tert-OH is 1. The summed E-state index contributed by atoms with van der Waals surface area (Å²) in [6, 6.07) is 6.23. The van der Waals surface area contributed by atoms with Crippen LogP contribution in [0, 0.1) is 5.41 Å². The zero-order valence-electron chi connectivity index (χ0n) is 14.4. The summed E-state index contributed by atoms with van der Waals surface area (Å²) in [6.45, 7) is 7.04. The molecule has 0 fully saturated rings.